The quantitative estimate of drug-likeness (QED) is 0.680. The highest BCUT2D eigenvalue weighted by Gasteiger charge is 2.23. The molecule has 3 aromatic carbocycles. The first-order chi connectivity index (χ1) is 13.5. The van der Waals surface area contributed by atoms with Crippen molar-refractivity contribution in [1.82, 2.24) is 5.32 Å². The Morgan fingerprint density at radius 3 is 2.25 bits per heavy atom. The number of nitrogens with one attached hydrogen (secondary N) is 2. The van der Waals surface area contributed by atoms with Crippen molar-refractivity contribution in [3.63, 3.8) is 0 Å². The Kier molecular flexibility index (Phi) is 6.17. The Balaban J connectivity index is 1.82. The minimum Gasteiger partial charge on any atom is -0.340 e. The second kappa shape index (κ2) is 8.95. The first-order valence-electron chi connectivity index (χ1n) is 9.00. The van der Waals surface area contributed by atoms with Gasteiger partial charge in [0.05, 0.1) is 5.56 Å². The van der Waals surface area contributed by atoms with Crippen LogP contribution in [0.2, 0.25) is 0 Å². The van der Waals surface area contributed by atoms with Crippen LogP contribution in [0.25, 0.3) is 0 Å². The molecule has 0 radical (unpaired) electrons. The summed E-state index contributed by atoms with van der Waals surface area (Å²) in [5.41, 5.74) is 2.38. The van der Waals surface area contributed by atoms with E-state index in [1.807, 2.05) is 55.5 Å². The van der Waals surface area contributed by atoms with Crippen molar-refractivity contribution in [3.05, 3.63) is 101 Å². The summed E-state index contributed by atoms with van der Waals surface area (Å²) in [6.45, 7) is 1.89. The molecule has 2 N–H and O–H groups in total. The van der Waals surface area contributed by atoms with Gasteiger partial charge in [-0.3, -0.25) is 9.59 Å². The topological polar surface area (TPSA) is 58.2 Å². The highest BCUT2D eigenvalue weighted by atomic mass is 19.1. The van der Waals surface area contributed by atoms with Gasteiger partial charge in [0, 0.05) is 12.1 Å². The number of halogens is 1. The predicted octanol–water partition coefficient (Wildman–Crippen LogP) is 4.11. The minimum atomic E-state index is -0.853. The molecule has 142 valence electrons. The molecule has 5 heteroatoms. The van der Waals surface area contributed by atoms with Gasteiger partial charge < -0.3 is 10.6 Å². The molecular weight excluding hydrogens is 355 g/mol. The molecule has 0 spiro atoms. The molecule has 0 aromatic heterocycles. The molecule has 1 unspecified atom stereocenters. The number of para-hydroxylation sites is 1. The second-order valence-electron chi connectivity index (χ2n) is 6.50. The lowest BCUT2D eigenvalue weighted by Gasteiger charge is -2.19. The van der Waals surface area contributed by atoms with Gasteiger partial charge in [0.25, 0.3) is 5.91 Å². The smallest absolute Gasteiger partial charge is 0.254 e. The van der Waals surface area contributed by atoms with Crippen LogP contribution >= 0.6 is 0 Å². The van der Waals surface area contributed by atoms with E-state index in [0.717, 1.165) is 11.1 Å². The molecule has 28 heavy (non-hydrogen) atoms. The number of aryl methyl sites for hydroxylation is 1. The van der Waals surface area contributed by atoms with Crippen LogP contribution in [0.1, 0.15) is 21.5 Å². The number of amides is 2. The van der Waals surface area contributed by atoms with Crippen molar-refractivity contribution in [3.8, 4) is 0 Å². The average molecular weight is 376 g/mol. The normalized spacial score (nSPS) is 11.5. The fourth-order valence-corrected chi connectivity index (χ4v) is 2.87. The van der Waals surface area contributed by atoms with Crippen LogP contribution in [0.3, 0.4) is 0 Å². The third kappa shape index (κ3) is 4.82. The second-order valence-corrected chi connectivity index (χ2v) is 6.50. The summed E-state index contributed by atoms with van der Waals surface area (Å²) >= 11 is 0. The average Bonchev–Trinajstić information content (AvgIpc) is 2.70. The third-order valence-electron chi connectivity index (χ3n) is 4.43. The van der Waals surface area contributed by atoms with Gasteiger partial charge in [-0.25, -0.2) is 4.39 Å². The third-order valence-corrected chi connectivity index (χ3v) is 4.43. The fourth-order valence-electron chi connectivity index (χ4n) is 2.87. The van der Waals surface area contributed by atoms with Gasteiger partial charge in [-0.1, -0.05) is 60.7 Å². The lowest BCUT2D eigenvalue weighted by Crippen LogP contribution is -2.45. The molecule has 0 aliphatic rings. The van der Waals surface area contributed by atoms with E-state index in [4.69, 9.17) is 0 Å². The zero-order valence-electron chi connectivity index (χ0n) is 15.5. The molecule has 2 amide bonds. The van der Waals surface area contributed by atoms with Crippen LogP contribution in [0.4, 0.5) is 10.1 Å². The molecule has 0 bridgehead atoms. The maximum absolute atomic E-state index is 14.0. The maximum Gasteiger partial charge on any atom is 0.254 e. The summed E-state index contributed by atoms with van der Waals surface area (Å²) in [6, 6.07) is 21.6. The molecule has 0 aliphatic carbocycles. The first kappa shape index (κ1) is 19.3. The van der Waals surface area contributed by atoms with E-state index in [-0.39, 0.29) is 11.5 Å². The molecular formula is C23H21FN2O2. The van der Waals surface area contributed by atoms with Gasteiger partial charge in [0.15, 0.2) is 0 Å². The van der Waals surface area contributed by atoms with E-state index in [9.17, 15) is 14.0 Å². The van der Waals surface area contributed by atoms with E-state index >= 15 is 0 Å². The van der Waals surface area contributed by atoms with Crippen LogP contribution in [0, 0.1) is 12.7 Å². The number of hydrogen-bond acceptors (Lipinski definition) is 2. The molecule has 0 heterocycles. The van der Waals surface area contributed by atoms with Crippen LogP contribution in [0.15, 0.2) is 78.9 Å². The van der Waals surface area contributed by atoms with Crippen molar-refractivity contribution >= 4 is 17.5 Å². The summed E-state index contributed by atoms with van der Waals surface area (Å²) in [4.78, 5) is 25.5. The van der Waals surface area contributed by atoms with Gasteiger partial charge in [-0.05, 0) is 36.2 Å². The first-order valence-corrected chi connectivity index (χ1v) is 9.00. The highest BCUT2D eigenvalue weighted by molar-refractivity contribution is 6.01. The van der Waals surface area contributed by atoms with Gasteiger partial charge >= 0.3 is 0 Å². The Labute approximate surface area is 163 Å². The van der Waals surface area contributed by atoms with Gasteiger partial charge in [0.2, 0.25) is 5.91 Å². The highest BCUT2D eigenvalue weighted by Crippen LogP contribution is 2.15. The molecule has 0 aliphatic heterocycles. The lowest BCUT2D eigenvalue weighted by atomic mass is 10.0. The number of rotatable bonds is 6. The Bertz CT molecular complexity index is 973. The fraction of sp³-hybridized carbons (Fsp3) is 0.130. The molecule has 0 fully saturated rings. The van der Waals surface area contributed by atoms with Crippen LogP contribution < -0.4 is 10.6 Å². The summed E-state index contributed by atoms with van der Waals surface area (Å²) in [5.74, 6) is -1.61. The molecule has 1 atom stereocenters. The minimum absolute atomic E-state index is 0.0933. The summed E-state index contributed by atoms with van der Waals surface area (Å²) in [6.07, 6.45) is 0.290. The van der Waals surface area contributed by atoms with Crippen molar-refractivity contribution in [2.45, 2.75) is 19.4 Å². The van der Waals surface area contributed by atoms with E-state index in [2.05, 4.69) is 10.6 Å². The maximum atomic E-state index is 14.0. The number of anilines is 1. The summed E-state index contributed by atoms with van der Waals surface area (Å²) in [7, 11) is 0. The predicted molar refractivity (Wildman–Crippen MR) is 108 cm³/mol. The van der Waals surface area contributed by atoms with Gasteiger partial charge in [0.1, 0.15) is 11.9 Å². The molecule has 0 saturated heterocycles. The Morgan fingerprint density at radius 2 is 1.54 bits per heavy atom. The van der Waals surface area contributed by atoms with Crippen molar-refractivity contribution < 1.29 is 14.0 Å². The Morgan fingerprint density at radius 1 is 0.893 bits per heavy atom. The number of hydrogen-bond donors (Lipinski definition) is 2. The van der Waals surface area contributed by atoms with Gasteiger partial charge in [-0.15, -0.1) is 0 Å². The molecule has 0 saturated carbocycles. The number of carbonyl (C=O) groups is 2. The number of benzene rings is 3. The van der Waals surface area contributed by atoms with E-state index in [1.165, 1.54) is 18.2 Å². The van der Waals surface area contributed by atoms with E-state index < -0.39 is 17.8 Å². The van der Waals surface area contributed by atoms with Crippen molar-refractivity contribution in [1.29, 1.82) is 0 Å². The summed E-state index contributed by atoms with van der Waals surface area (Å²) in [5, 5.41) is 5.53. The van der Waals surface area contributed by atoms with Crippen molar-refractivity contribution in [2.75, 3.05) is 5.32 Å². The van der Waals surface area contributed by atoms with Crippen molar-refractivity contribution in [2.24, 2.45) is 0 Å². The summed E-state index contributed by atoms with van der Waals surface area (Å²) < 4.78 is 14.0. The number of carbonyl (C=O) groups excluding carboxylic acids is 2. The zero-order valence-corrected chi connectivity index (χ0v) is 15.5. The monoisotopic (exact) mass is 376 g/mol. The lowest BCUT2D eigenvalue weighted by molar-refractivity contribution is -0.118. The molecule has 3 rings (SSSR count). The standard InChI is InChI=1S/C23H21FN2O2/c1-16-9-5-8-14-20(16)25-23(28)21(15-17-10-3-2-4-11-17)26-22(27)18-12-6-7-13-19(18)24/h2-14,21H,15H2,1H3,(H,25,28)(H,26,27). The SMILES string of the molecule is Cc1ccccc1NC(=O)C(Cc1ccccc1)NC(=O)c1ccccc1F. The largest absolute Gasteiger partial charge is 0.340 e. The van der Waals surface area contributed by atoms with Crippen LogP contribution in [0.5, 0.6) is 0 Å². The molecule has 3 aromatic rings. The van der Waals surface area contributed by atoms with Gasteiger partial charge in [-0.2, -0.15) is 0 Å². The van der Waals surface area contributed by atoms with E-state index in [0.29, 0.717) is 12.1 Å². The van der Waals surface area contributed by atoms with Crippen LogP contribution in [-0.2, 0) is 11.2 Å². The molecule has 4 nitrogen and oxygen atoms in total. The zero-order chi connectivity index (χ0) is 19.9. The Hall–Kier alpha value is -3.47. The van der Waals surface area contributed by atoms with E-state index in [1.54, 1.807) is 12.1 Å². The van der Waals surface area contributed by atoms with Crippen LogP contribution in [-0.4, -0.2) is 17.9 Å².